The molecule has 0 unspecified atom stereocenters. The monoisotopic (exact) mass is 343 g/mol. The average Bonchev–Trinajstić information content (AvgIpc) is 3.17. The van der Waals surface area contributed by atoms with Gasteiger partial charge in [-0.25, -0.2) is 0 Å². The van der Waals surface area contributed by atoms with E-state index >= 15 is 0 Å². The van der Waals surface area contributed by atoms with Crippen molar-refractivity contribution in [1.82, 2.24) is 25.1 Å². The number of benzene rings is 1. The van der Waals surface area contributed by atoms with Crippen molar-refractivity contribution in [2.75, 3.05) is 13.7 Å². The van der Waals surface area contributed by atoms with E-state index in [0.29, 0.717) is 35.5 Å². The molecule has 0 saturated heterocycles. The van der Waals surface area contributed by atoms with Crippen molar-refractivity contribution >= 4 is 5.91 Å². The Hall–Kier alpha value is -2.44. The number of ether oxygens (including phenoxy) is 1. The zero-order valence-corrected chi connectivity index (χ0v) is 15.1. The highest BCUT2D eigenvalue weighted by atomic mass is 16.5. The SMILES string of the molecule is CCN(C(=O)c1ccc(OC)c(-n2cnnn2)c1)[C@H]1CCCC[C@H]1C. The topological polar surface area (TPSA) is 73.1 Å². The summed E-state index contributed by atoms with van der Waals surface area (Å²) in [5.74, 6) is 1.21. The molecule has 0 spiro atoms. The fraction of sp³-hybridized carbons (Fsp3) is 0.556. The van der Waals surface area contributed by atoms with Crippen molar-refractivity contribution in [3.05, 3.63) is 30.1 Å². The Labute approximate surface area is 148 Å². The summed E-state index contributed by atoms with van der Waals surface area (Å²) in [5, 5.41) is 11.2. The van der Waals surface area contributed by atoms with Gasteiger partial charge in [0.15, 0.2) is 0 Å². The second kappa shape index (κ2) is 7.63. The maximum Gasteiger partial charge on any atom is 0.254 e. The van der Waals surface area contributed by atoms with Gasteiger partial charge in [-0.3, -0.25) is 4.79 Å². The van der Waals surface area contributed by atoms with Gasteiger partial charge in [0.2, 0.25) is 0 Å². The number of hydrogen-bond donors (Lipinski definition) is 0. The first-order chi connectivity index (χ1) is 12.2. The minimum absolute atomic E-state index is 0.0539. The van der Waals surface area contributed by atoms with Gasteiger partial charge in [0.05, 0.1) is 7.11 Å². The molecule has 1 aliphatic carbocycles. The summed E-state index contributed by atoms with van der Waals surface area (Å²) in [6.07, 6.45) is 6.21. The number of methoxy groups -OCH3 is 1. The number of amides is 1. The molecule has 1 saturated carbocycles. The van der Waals surface area contributed by atoms with Crippen LogP contribution in [0.1, 0.15) is 49.9 Å². The Morgan fingerprint density at radius 2 is 2.16 bits per heavy atom. The number of rotatable bonds is 5. The molecule has 0 bridgehead atoms. The van der Waals surface area contributed by atoms with Gasteiger partial charge in [-0.05, 0) is 54.3 Å². The van der Waals surface area contributed by atoms with Gasteiger partial charge in [0, 0.05) is 18.2 Å². The van der Waals surface area contributed by atoms with Crippen LogP contribution in [0.3, 0.4) is 0 Å². The zero-order chi connectivity index (χ0) is 17.8. The second-order valence-electron chi connectivity index (χ2n) is 6.56. The van der Waals surface area contributed by atoms with E-state index in [-0.39, 0.29) is 5.91 Å². The molecule has 1 aromatic carbocycles. The maximum absolute atomic E-state index is 13.2. The zero-order valence-electron chi connectivity index (χ0n) is 15.1. The van der Waals surface area contributed by atoms with Crippen LogP contribution in [0.4, 0.5) is 0 Å². The number of nitrogens with zero attached hydrogens (tertiary/aromatic N) is 5. The lowest BCUT2D eigenvalue weighted by Gasteiger charge is -2.38. The van der Waals surface area contributed by atoms with Gasteiger partial charge in [0.25, 0.3) is 5.91 Å². The number of carbonyl (C=O) groups excluding carboxylic acids is 1. The second-order valence-corrected chi connectivity index (χ2v) is 6.56. The van der Waals surface area contributed by atoms with Crippen LogP contribution in [0.5, 0.6) is 5.75 Å². The van der Waals surface area contributed by atoms with Crippen molar-refractivity contribution in [1.29, 1.82) is 0 Å². The molecule has 0 radical (unpaired) electrons. The molecule has 1 heterocycles. The Morgan fingerprint density at radius 3 is 2.80 bits per heavy atom. The summed E-state index contributed by atoms with van der Waals surface area (Å²) in [5.41, 5.74) is 1.29. The predicted molar refractivity (Wildman–Crippen MR) is 93.8 cm³/mol. The molecule has 7 nitrogen and oxygen atoms in total. The minimum Gasteiger partial charge on any atom is -0.494 e. The average molecular weight is 343 g/mol. The highest BCUT2D eigenvalue weighted by Crippen LogP contribution is 2.30. The summed E-state index contributed by atoms with van der Waals surface area (Å²) in [6, 6.07) is 5.71. The molecule has 0 aliphatic heterocycles. The van der Waals surface area contributed by atoms with E-state index in [4.69, 9.17) is 4.74 Å². The fourth-order valence-electron chi connectivity index (χ4n) is 3.73. The highest BCUT2D eigenvalue weighted by Gasteiger charge is 2.30. The third-order valence-corrected chi connectivity index (χ3v) is 5.09. The van der Waals surface area contributed by atoms with Gasteiger partial charge < -0.3 is 9.64 Å². The van der Waals surface area contributed by atoms with Gasteiger partial charge in [-0.2, -0.15) is 4.68 Å². The van der Waals surface area contributed by atoms with Crippen molar-refractivity contribution < 1.29 is 9.53 Å². The summed E-state index contributed by atoms with van der Waals surface area (Å²) >= 11 is 0. The number of tetrazole rings is 1. The minimum atomic E-state index is 0.0539. The number of aromatic nitrogens is 4. The molecule has 1 fully saturated rings. The van der Waals surface area contributed by atoms with E-state index in [1.165, 1.54) is 30.3 Å². The van der Waals surface area contributed by atoms with Crippen LogP contribution in [0, 0.1) is 5.92 Å². The third-order valence-electron chi connectivity index (χ3n) is 5.09. The first-order valence-corrected chi connectivity index (χ1v) is 8.88. The standard InChI is InChI=1S/C18H25N5O2/c1-4-22(15-8-6-5-7-13(15)2)18(24)14-9-10-17(25-3)16(11-14)23-12-19-20-21-23/h9-13,15H,4-8H2,1-3H3/t13-,15+/m1/s1. The normalized spacial score (nSPS) is 20.3. The largest absolute Gasteiger partial charge is 0.494 e. The molecule has 1 aliphatic rings. The summed E-state index contributed by atoms with van der Waals surface area (Å²) in [6.45, 7) is 5.01. The van der Waals surface area contributed by atoms with E-state index in [1.807, 2.05) is 17.9 Å². The first-order valence-electron chi connectivity index (χ1n) is 8.88. The van der Waals surface area contributed by atoms with Crippen molar-refractivity contribution in [2.45, 2.75) is 45.6 Å². The Bertz CT molecular complexity index is 716. The van der Waals surface area contributed by atoms with Gasteiger partial charge in [-0.1, -0.05) is 19.8 Å². The van der Waals surface area contributed by atoms with Gasteiger partial charge in [0.1, 0.15) is 17.8 Å². The van der Waals surface area contributed by atoms with Crippen molar-refractivity contribution in [3.63, 3.8) is 0 Å². The lowest BCUT2D eigenvalue weighted by atomic mass is 9.84. The van der Waals surface area contributed by atoms with E-state index in [9.17, 15) is 4.79 Å². The van der Waals surface area contributed by atoms with E-state index in [2.05, 4.69) is 22.4 Å². The van der Waals surface area contributed by atoms with E-state index < -0.39 is 0 Å². The summed E-state index contributed by atoms with van der Waals surface area (Å²) in [4.78, 5) is 15.2. The molecular formula is C18H25N5O2. The van der Waals surface area contributed by atoms with Crippen LogP contribution < -0.4 is 4.74 Å². The van der Waals surface area contributed by atoms with Crippen LogP contribution in [-0.2, 0) is 0 Å². The van der Waals surface area contributed by atoms with Gasteiger partial charge >= 0.3 is 0 Å². The molecule has 1 amide bonds. The molecule has 25 heavy (non-hydrogen) atoms. The smallest absolute Gasteiger partial charge is 0.254 e. The van der Waals surface area contributed by atoms with Gasteiger partial charge in [-0.15, -0.1) is 5.10 Å². The third kappa shape index (κ3) is 3.50. The quantitative estimate of drug-likeness (QED) is 0.834. The molecule has 1 aromatic heterocycles. The first kappa shape index (κ1) is 17.4. The number of hydrogen-bond acceptors (Lipinski definition) is 5. The van der Waals surface area contributed by atoms with Crippen LogP contribution in [-0.4, -0.2) is 50.7 Å². The van der Waals surface area contributed by atoms with Crippen molar-refractivity contribution in [2.24, 2.45) is 5.92 Å². The molecular weight excluding hydrogens is 318 g/mol. The van der Waals surface area contributed by atoms with E-state index in [0.717, 1.165) is 6.42 Å². The van der Waals surface area contributed by atoms with Crippen LogP contribution in [0.2, 0.25) is 0 Å². The molecule has 2 atom stereocenters. The summed E-state index contributed by atoms with van der Waals surface area (Å²) in [7, 11) is 1.59. The predicted octanol–water partition coefficient (Wildman–Crippen LogP) is 2.71. The highest BCUT2D eigenvalue weighted by molar-refractivity contribution is 5.95. The Kier molecular flexibility index (Phi) is 5.31. The molecule has 2 aromatic rings. The Morgan fingerprint density at radius 1 is 1.36 bits per heavy atom. The maximum atomic E-state index is 13.2. The molecule has 134 valence electrons. The van der Waals surface area contributed by atoms with E-state index in [1.54, 1.807) is 19.2 Å². The molecule has 3 rings (SSSR count). The molecule has 0 N–H and O–H groups in total. The molecule has 7 heteroatoms. The summed E-state index contributed by atoms with van der Waals surface area (Å²) < 4.78 is 6.89. The Balaban J connectivity index is 1.92. The lowest BCUT2D eigenvalue weighted by Crippen LogP contribution is -2.45. The van der Waals surface area contributed by atoms with Crippen LogP contribution >= 0.6 is 0 Å². The van der Waals surface area contributed by atoms with Crippen LogP contribution in [0.15, 0.2) is 24.5 Å². The van der Waals surface area contributed by atoms with Crippen LogP contribution in [0.25, 0.3) is 5.69 Å². The number of carbonyl (C=O) groups is 1. The fourth-order valence-corrected chi connectivity index (χ4v) is 3.73. The van der Waals surface area contributed by atoms with Crippen molar-refractivity contribution in [3.8, 4) is 11.4 Å². The lowest BCUT2D eigenvalue weighted by molar-refractivity contribution is 0.0570.